The molecule has 0 bridgehead atoms. The number of benzene rings is 1. The minimum absolute atomic E-state index is 0.108. The molecule has 2 N–H and O–H groups in total. The summed E-state index contributed by atoms with van der Waals surface area (Å²) in [7, 11) is 0. The van der Waals surface area contributed by atoms with Crippen LogP contribution >= 0.6 is 11.6 Å². The van der Waals surface area contributed by atoms with Gasteiger partial charge in [0.2, 0.25) is 0 Å². The summed E-state index contributed by atoms with van der Waals surface area (Å²) in [5, 5.41) is 8.66. The quantitative estimate of drug-likeness (QED) is 0.941. The summed E-state index contributed by atoms with van der Waals surface area (Å²) in [6.45, 7) is 7.30. The van der Waals surface area contributed by atoms with E-state index in [1.54, 1.807) is 10.7 Å². The van der Waals surface area contributed by atoms with Crippen molar-refractivity contribution in [3.05, 3.63) is 35.0 Å². The van der Waals surface area contributed by atoms with Crippen LogP contribution in [-0.2, 0) is 12.0 Å². The second-order valence-electron chi connectivity index (χ2n) is 5.60. The summed E-state index contributed by atoms with van der Waals surface area (Å²) >= 11 is 5.91. The number of ether oxygens (including phenoxy) is 1. The molecule has 1 aromatic carbocycles. The second kappa shape index (κ2) is 5.71. The molecule has 6 heteroatoms. The fraction of sp³-hybridized carbons (Fsp3) is 0.429. The number of hydrogen-bond acceptors (Lipinski definition) is 4. The Hall–Kier alpha value is -1.75. The van der Waals surface area contributed by atoms with Crippen LogP contribution in [0.15, 0.2) is 24.3 Å². The van der Waals surface area contributed by atoms with Gasteiger partial charge in [0.25, 0.3) is 0 Å². The van der Waals surface area contributed by atoms with Gasteiger partial charge in [0.15, 0.2) is 5.82 Å². The molecule has 1 heterocycles. The molecule has 0 atom stereocenters. The highest BCUT2D eigenvalue weighted by atomic mass is 35.5. The first-order valence-corrected chi connectivity index (χ1v) is 6.83. The van der Waals surface area contributed by atoms with Crippen LogP contribution in [0.1, 0.15) is 26.5 Å². The van der Waals surface area contributed by atoms with Crippen molar-refractivity contribution in [2.24, 2.45) is 0 Å². The van der Waals surface area contributed by atoms with Crippen molar-refractivity contribution in [1.82, 2.24) is 15.0 Å². The summed E-state index contributed by atoms with van der Waals surface area (Å²) in [5.41, 5.74) is 6.69. The smallest absolute Gasteiger partial charge is 0.169 e. The van der Waals surface area contributed by atoms with Crippen LogP contribution in [0, 0.1) is 0 Å². The van der Waals surface area contributed by atoms with Crippen LogP contribution in [-0.4, -0.2) is 21.6 Å². The van der Waals surface area contributed by atoms with Gasteiger partial charge in [0.05, 0.1) is 12.2 Å². The van der Waals surface area contributed by atoms with Gasteiger partial charge in [0, 0.05) is 10.4 Å². The largest absolute Gasteiger partial charge is 0.492 e. The second-order valence-corrected chi connectivity index (χ2v) is 6.04. The Morgan fingerprint density at radius 1 is 1.35 bits per heavy atom. The summed E-state index contributed by atoms with van der Waals surface area (Å²) in [6, 6.07) is 7.31. The van der Waals surface area contributed by atoms with Crippen LogP contribution in [0.4, 0.5) is 5.82 Å². The Labute approximate surface area is 123 Å². The van der Waals surface area contributed by atoms with Gasteiger partial charge in [0.1, 0.15) is 12.4 Å². The molecule has 5 nitrogen and oxygen atoms in total. The minimum Gasteiger partial charge on any atom is -0.492 e. The first-order chi connectivity index (χ1) is 9.38. The van der Waals surface area contributed by atoms with Crippen LogP contribution < -0.4 is 10.5 Å². The van der Waals surface area contributed by atoms with Crippen molar-refractivity contribution in [3.8, 4) is 5.75 Å². The highest BCUT2D eigenvalue weighted by molar-refractivity contribution is 6.30. The predicted molar refractivity (Wildman–Crippen MR) is 80.1 cm³/mol. The van der Waals surface area contributed by atoms with Gasteiger partial charge in [-0.15, -0.1) is 5.10 Å². The molecule has 1 aromatic heterocycles. The Morgan fingerprint density at radius 3 is 2.75 bits per heavy atom. The number of nitrogens with two attached hydrogens (primary N) is 1. The average Bonchev–Trinajstić information content (AvgIpc) is 2.70. The van der Waals surface area contributed by atoms with Gasteiger partial charge < -0.3 is 10.5 Å². The van der Waals surface area contributed by atoms with E-state index in [1.807, 2.05) is 18.2 Å². The molecule has 0 saturated heterocycles. The zero-order valence-electron chi connectivity index (χ0n) is 11.9. The lowest BCUT2D eigenvalue weighted by atomic mass is 9.92. The third kappa shape index (κ3) is 3.42. The molecule has 0 amide bonds. The predicted octanol–water partition coefficient (Wildman–Crippen LogP) is 2.89. The molecule has 20 heavy (non-hydrogen) atoms. The fourth-order valence-electron chi connectivity index (χ4n) is 2.06. The van der Waals surface area contributed by atoms with E-state index in [1.165, 1.54) is 0 Å². The standard InChI is InChI=1S/C14H19ClN4O/c1-14(2,3)12-13(16)17-18-19(12)7-8-20-11-6-4-5-10(15)9-11/h4-6,9H,7-8,16H2,1-3H3. The number of nitrogen functional groups attached to an aromatic ring is 1. The molecule has 0 radical (unpaired) electrons. The molecule has 2 rings (SSSR count). The molecule has 0 fully saturated rings. The lowest BCUT2D eigenvalue weighted by molar-refractivity contribution is 0.283. The maximum atomic E-state index is 5.91. The molecule has 0 saturated carbocycles. The fourth-order valence-corrected chi connectivity index (χ4v) is 2.24. The van der Waals surface area contributed by atoms with Crippen molar-refractivity contribution < 1.29 is 4.74 Å². The molecular formula is C14H19ClN4O. The summed E-state index contributed by atoms with van der Waals surface area (Å²) in [6.07, 6.45) is 0. The van der Waals surface area contributed by atoms with Gasteiger partial charge >= 0.3 is 0 Å². The van der Waals surface area contributed by atoms with Gasteiger partial charge in [-0.2, -0.15) is 0 Å². The average molecular weight is 295 g/mol. The van der Waals surface area contributed by atoms with E-state index in [9.17, 15) is 0 Å². The summed E-state index contributed by atoms with van der Waals surface area (Å²) < 4.78 is 7.45. The summed E-state index contributed by atoms with van der Waals surface area (Å²) in [4.78, 5) is 0. The molecule has 0 aliphatic carbocycles. The number of rotatable bonds is 4. The zero-order chi connectivity index (χ0) is 14.8. The number of halogens is 1. The number of anilines is 1. The van der Waals surface area contributed by atoms with Crippen molar-refractivity contribution in [3.63, 3.8) is 0 Å². The summed E-state index contributed by atoms with van der Waals surface area (Å²) in [5.74, 6) is 1.21. The molecule has 2 aromatic rings. The van der Waals surface area contributed by atoms with Crippen LogP contribution in [0.5, 0.6) is 5.75 Å². The van der Waals surface area contributed by atoms with Crippen molar-refractivity contribution >= 4 is 17.4 Å². The Balaban J connectivity index is 2.02. The first kappa shape index (κ1) is 14.7. The molecule has 0 aliphatic rings. The number of hydrogen-bond donors (Lipinski definition) is 1. The number of aromatic nitrogens is 3. The molecular weight excluding hydrogens is 276 g/mol. The van der Waals surface area contributed by atoms with Gasteiger partial charge in [-0.05, 0) is 18.2 Å². The molecule has 0 unspecified atom stereocenters. The van der Waals surface area contributed by atoms with Gasteiger partial charge in [-0.3, -0.25) is 0 Å². The maximum Gasteiger partial charge on any atom is 0.169 e. The highest BCUT2D eigenvalue weighted by Gasteiger charge is 2.23. The molecule has 0 spiro atoms. The van der Waals surface area contributed by atoms with E-state index < -0.39 is 0 Å². The van der Waals surface area contributed by atoms with E-state index in [-0.39, 0.29) is 5.41 Å². The lowest BCUT2D eigenvalue weighted by Gasteiger charge is -2.20. The minimum atomic E-state index is -0.108. The topological polar surface area (TPSA) is 66.0 Å². The van der Waals surface area contributed by atoms with E-state index in [2.05, 4.69) is 31.1 Å². The number of nitrogens with zero attached hydrogens (tertiary/aromatic N) is 3. The Kier molecular flexibility index (Phi) is 4.18. The maximum absolute atomic E-state index is 5.91. The Morgan fingerprint density at radius 2 is 2.10 bits per heavy atom. The third-order valence-corrected chi connectivity index (χ3v) is 3.07. The van der Waals surface area contributed by atoms with Gasteiger partial charge in [-0.25, -0.2) is 4.68 Å². The van der Waals surface area contributed by atoms with Crippen LogP contribution in [0.3, 0.4) is 0 Å². The van der Waals surface area contributed by atoms with E-state index in [4.69, 9.17) is 22.1 Å². The van der Waals surface area contributed by atoms with Crippen LogP contribution in [0.2, 0.25) is 5.02 Å². The van der Waals surface area contributed by atoms with E-state index in [0.29, 0.717) is 24.0 Å². The zero-order valence-corrected chi connectivity index (χ0v) is 12.7. The normalized spacial score (nSPS) is 11.6. The SMILES string of the molecule is CC(C)(C)c1c(N)nnn1CCOc1cccc(Cl)c1. The Bertz CT molecular complexity index is 589. The monoisotopic (exact) mass is 294 g/mol. The van der Waals surface area contributed by atoms with E-state index in [0.717, 1.165) is 11.4 Å². The van der Waals surface area contributed by atoms with Gasteiger partial charge in [-0.1, -0.05) is 43.7 Å². The van der Waals surface area contributed by atoms with Crippen LogP contribution in [0.25, 0.3) is 0 Å². The molecule has 0 aliphatic heterocycles. The first-order valence-electron chi connectivity index (χ1n) is 6.46. The van der Waals surface area contributed by atoms with Crippen molar-refractivity contribution in [2.45, 2.75) is 32.7 Å². The van der Waals surface area contributed by atoms with Crippen molar-refractivity contribution in [2.75, 3.05) is 12.3 Å². The molecule has 108 valence electrons. The lowest BCUT2D eigenvalue weighted by Crippen LogP contribution is -2.22. The highest BCUT2D eigenvalue weighted by Crippen LogP contribution is 2.25. The third-order valence-electron chi connectivity index (χ3n) is 2.84. The van der Waals surface area contributed by atoms with E-state index >= 15 is 0 Å². The van der Waals surface area contributed by atoms with Crippen molar-refractivity contribution in [1.29, 1.82) is 0 Å².